The van der Waals surface area contributed by atoms with Crippen LogP contribution in [0.3, 0.4) is 0 Å². The van der Waals surface area contributed by atoms with Gasteiger partial charge >= 0.3 is 18.1 Å². The second-order valence-corrected chi connectivity index (χ2v) is 7.91. The number of ketones is 1. The Hall–Kier alpha value is -4.20. The van der Waals surface area contributed by atoms with Crippen molar-refractivity contribution in [2.75, 3.05) is 11.4 Å². The Bertz CT molecular complexity index is 1130. The van der Waals surface area contributed by atoms with Crippen LogP contribution < -0.4 is 16.4 Å². The fourth-order valence-corrected chi connectivity index (χ4v) is 3.86. The minimum Gasteiger partial charge on any atom is -0.480 e. The van der Waals surface area contributed by atoms with Crippen molar-refractivity contribution < 1.29 is 47.0 Å². The molecule has 1 fully saturated rings. The van der Waals surface area contributed by atoms with Crippen molar-refractivity contribution >= 4 is 35.2 Å². The highest BCUT2D eigenvalue weighted by molar-refractivity contribution is 6.09. The average molecular weight is 512 g/mol. The highest BCUT2D eigenvalue weighted by Gasteiger charge is 2.55. The third kappa shape index (κ3) is 5.71. The summed E-state index contributed by atoms with van der Waals surface area (Å²) in [5.41, 5.74) is 10.8. The zero-order valence-corrected chi connectivity index (χ0v) is 18.8. The number of alkyl halides is 3. The van der Waals surface area contributed by atoms with E-state index >= 15 is 0 Å². The number of hydrogen-bond acceptors (Lipinski definition) is 7. The lowest BCUT2D eigenvalue weighted by molar-refractivity contribution is -0.192. The van der Waals surface area contributed by atoms with Crippen molar-refractivity contribution in [2.24, 2.45) is 17.4 Å². The summed E-state index contributed by atoms with van der Waals surface area (Å²) >= 11 is 0. The van der Waals surface area contributed by atoms with Gasteiger partial charge < -0.3 is 31.0 Å². The van der Waals surface area contributed by atoms with Crippen LogP contribution in [-0.4, -0.2) is 57.9 Å². The number of anilines is 1. The predicted molar refractivity (Wildman–Crippen MR) is 118 cm³/mol. The van der Waals surface area contributed by atoms with E-state index in [1.165, 1.54) is 23.5 Å². The Balaban J connectivity index is 0.000000572. The first-order valence-electron chi connectivity index (χ1n) is 10.2. The number of hydrogen-bond donors (Lipinski definition) is 5. The van der Waals surface area contributed by atoms with Crippen LogP contribution in [0.15, 0.2) is 47.3 Å². The van der Waals surface area contributed by atoms with E-state index in [-0.39, 0.29) is 11.7 Å². The molecule has 194 valence electrons. The van der Waals surface area contributed by atoms with Gasteiger partial charge in [-0.15, -0.1) is 0 Å². The lowest BCUT2D eigenvalue weighted by Crippen LogP contribution is -2.60. The number of carbonyl (C=O) groups is 4. The zero-order chi connectivity index (χ0) is 27.4. The average Bonchev–Trinajstić information content (AvgIpc) is 3.44. The van der Waals surface area contributed by atoms with E-state index in [1.54, 1.807) is 24.3 Å². The number of nitrogens with two attached hydrogens (primary N) is 2. The number of benzene rings is 1. The van der Waals surface area contributed by atoms with E-state index in [4.69, 9.17) is 31.2 Å². The van der Waals surface area contributed by atoms with E-state index in [0.29, 0.717) is 29.8 Å². The Morgan fingerprint density at radius 1 is 1.14 bits per heavy atom. The maximum Gasteiger partial charge on any atom is 0.490 e. The summed E-state index contributed by atoms with van der Waals surface area (Å²) in [5.74, 6) is -7.30. The SMILES string of the molecule is CC(=O)C(N)(C(=O)O)C(c1ccoc1)C1CCN(c2ccc(C(=N)N)cc2)C1=O.O=C(O)C(F)(F)F. The molecule has 3 unspecified atom stereocenters. The lowest BCUT2D eigenvalue weighted by Gasteiger charge is -2.34. The Morgan fingerprint density at radius 2 is 1.69 bits per heavy atom. The van der Waals surface area contributed by atoms with Crippen molar-refractivity contribution in [1.82, 2.24) is 0 Å². The third-order valence-electron chi connectivity index (χ3n) is 5.71. The topological polar surface area (TPSA) is 201 Å². The molecule has 11 nitrogen and oxygen atoms in total. The highest BCUT2D eigenvalue weighted by atomic mass is 19.4. The van der Waals surface area contributed by atoms with Crippen LogP contribution in [0.4, 0.5) is 18.9 Å². The third-order valence-corrected chi connectivity index (χ3v) is 5.71. The van der Waals surface area contributed by atoms with Crippen molar-refractivity contribution in [1.29, 1.82) is 5.41 Å². The first-order valence-corrected chi connectivity index (χ1v) is 10.2. The van der Waals surface area contributed by atoms with Crippen LogP contribution in [0.5, 0.6) is 0 Å². The van der Waals surface area contributed by atoms with Gasteiger partial charge in [0.1, 0.15) is 5.84 Å². The summed E-state index contributed by atoms with van der Waals surface area (Å²) < 4.78 is 36.8. The number of amides is 1. The van der Waals surface area contributed by atoms with Crippen LogP contribution in [0.1, 0.15) is 30.4 Å². The molecule has 0 radical (unpaired) electrons. The van der Waals surface area contributed by atoms with E-state index in [0.717, 1.165) is 6.92 Å². The molecular formula is C22H23F3N4O7. The number of aliphatic carboxylic acids is 2. The Kier molecular flexibility index (Phi) is 8.26. The molecule has 0 aliphatic carbocycles. The van der Waals surface area contributed by atoms with Gasteiger partial charge in [0.05, 0.1) is 12.5 Å². The minimum absolute atomic E-state index is 0.0852. The maximum absolute atomic E-state index is 13.2. The molecule has 14 heteroatoms. The zero-order valence-electron chi connectivity index (χ0n) is 18.8. The van der Waals surface area contributed by atoms with Gasteiger partial charge in [-0.1, -0.05) is 0 Å². The number of nitrogens with one attached hydrogen (secondary N) is 1. The van der Waals surface area contributed by atoms with Gasteiger partial charge in [-0.2, -0.15) is 13.2 Å². The van der Waals surface area contributed by atoms with Crippen molar-refractivity contribution in [3.63, 3.8) is 0 Å². The van der Waals surface area contributed by atoms with Crippen molar-refractivity contribution in [3.8, 4) is 0 Å². The molecule has 36 heavy (non-hydrogen) atoms. The van der Waals surface area contributed by atoms with Crippen molar-refractivity contribution in [2.45, 2.75) is 31.0 Å². The summed E-state index contributed by atoms with van der Waals surface area (Å²) in [4.78, 5) is 47.9. The van der Waals surface area contributed by atoms with Crippen LogP contribution in [0, 0.1) is 11.3 Å². The standard InChI is InChI=1S/C20H22N4O5.C2HF3O2/c1-11(25)20(23,19(27)28)16(13-7-9-29-10-13)15-6-8-24(18(15)26)14-4-2-12(3-5-14)17(21)22;3-2(4,5)1(6)7/h2-5,7,9-10,15-16H,6,8,23H2,1H3,(H3,21,22)(H,27,28);(H,6,7). The quantitative estimate of drug-likeness (QED) is 0.208. The van der Waals surface area contributed by atoms with Gasteiger partial charge in [0.25, 0.3) is 0 Å². The molecule has 1 amide bonds. The lowest BCUT2D eigenvalue weighted by atomic mass is 9.70. The van der Waals surface area contributed by atoms with Crippen LogP contribution in [0.25, 0.3) is 0 Å². The number of nitrogens with zero attached hydrogens (tertiary/aromatic N) is 1. The largest absolute Gasteiger partial charge is 0.490 e. The molecule has 1 aliphatic rings. The monoisotopic (exact) mass is 512 g/mol. The number of Topliss-reactive ketones (excluding diaryl/α,β-unsaturated/α-hetero) is 1. The molecule has 0 saturated carbocycles. The summed E-state index contributed by atoms with van der Waals surface area (Å²) in [6.45, 7) is 1.45. The van der Waals surface area contributed by atoms with E-state index in [1.807, 2.05) is 0 Å². The smallest absolute Gasteiger partial charge is 0.480 e. The molecule has 2 heterocycles. The fourth-order valence-electron chi connectivity index (χ4n) is 3.86. The highest BCUT2D eigenvalue weighted by Crippen LogP contribution is 2.41. The fraction of sp³-hybridized carbons (Fsp3) is 0.318. The van der Waals surface area contributed by atoms with E-state index < -0.39 is 41.3 Å². The first kappa shape index (κ1) is 28.0. The van der Waals surface area contributed by atoms with Gasteiger partial charge in [0.2, 0.25) is 5.91 Å². The minimum atomic E-state index is -5.08. The molecule has 3 atom stereocenters. The number of carboxylic acids is 2. The number of nitrogen functional groups attached to an aromatic ring is 1. The molecular weight excluding hydrogens is 489 g/mol. The molecule has 1 aromatic carbocycles. The number of halogens is 3. The van der Waals surface area contributed by atoms with Gasteiger partial charge in [0, 0.05) is 29.6 Å². The molecule has 2 aromatic rings. The van der Waals surface area contributed by atoms with Gasteiger partial charge in [-0.05, 0) is 49.2 Å². The van der Waals surface area contributed by atoms with Crippen LogP contribution in [-0.2, 0) is 19.2 Å². The normalized spacial score (nSPS) is 18.0. The molecule has 3 rings (SSSR count). The van der Waals surface area contributed by atoms with Gasteiger partial charge in [-0.3, -0.25) is 15.0 Å². The molecule has 0 bridgehead atoms. The predicted octanol–water partition coefficient (Wildman–Crippen LogP) is 1.70. The molecule has 1 aromatic heterocycles. The summed E-state index contributed by atoms with van der Waals surface area (Å²) in [6.07, 6.45) is -2.10. The number of rotatable bonds is 7. The van der Waals surface area contributed by atoms with Gasteiger partial charge in [-0.25, -0.2) is 9.59 Å². The number of amidine groups is 1. The second-order valence-electron chi connectivity index (χ2n) is 7.91. The maximum atomic E-state index is 13.2. The first-order chi connectivity index (χ1) is 16.6. The van der Waals surface area contributed by atoms with E-state index in [2.05, 4.69) is 0 Å². The number of carboxylic acid groups (broad SMARTS) is 2. The van der Waals surface area contributed by atoms with Crippen molar-refractivity contribution in [3.05, 3.63) is 54.0 Å². The number of furan rings is 1. The summed E-state index contributed by atoms with van der Waals surface area (Å²) in [6, 6.07) is 8.12. The van der Waals surface area contributed by atoms with Crippen LogP contribution >= 0.6 is 0 Å². The van der Waals surface area contributed by atoms with Gasteiger partial charge in [0.15, 0.2) is 11.3 Å². The molecule has 1 saturated heterocycles. The molecule has 0 spiro atoms. The summed E-state index contributed by atoms with van der Waals surface area (Å²) in [7, 11) is 0. The molecule has 7 N–H and O–H groups in total. The van der Waals surface area contributed by atoms with E-state index in [9.17, 15) is 32.7 Å². The molecule has 1 aliphatic heterocycles. The Labute approximate surface area is 202 Å². The number of carbonyl (C=O) groups excluding carboxylic acids is 2. The Morgan fingerprint density at radius 3 is 2.08 bits per heavy atom. The summed E-state index contributed by atoms with van der Waals surface area (Å²) in [5, 5.41) is 24.3. The van der Waals surface area contributed by atoms with Crippen LogP contribution in [0.2, 0.25) is 0 Å². The second kappa shape index (κ2) is 10.6.